The van der Waals surface area contributed by atoms with Crippen LogP contribution < -0.4 is 5.32 Å². The number of sulfone groups is 1. The molecule has 3 nitrogen and oxygen atoms in total. The van der Waals surface area contributed by atoms with Gasteiger partial charge in [0.15, 0.2) is 9.84 Å². The summed E-state index contributed by atoms with van der Waals surface area (Å²) in [7, 11) is -2.99. The molecule has 1 aliphatic rings. The van der Waals surface area contributed by atoms with Crippen LogP contribution in [-0.4, -0.2) is 27.3 Å². The highest BCUT2D eigenvalue weighted by Gasteiger charge is 2.12. The molecule has 1 N–H and O–H groups in total. The Labute approximate surface area is 128 Å². The summed E-state index contributed by atoms with van der Waals surface area (Å²) in [6, 6.07) is 9.40. The molecule has 0 aromatic heterocycles. The summed E-state index contributed by atoms with van der Waals surface area (Å²) in [5.41, 5.74) is 0.874. The van der Waals surface area contributed by atoms with E-state index in [9.17, 15) is 8.42 Å². The summed E-state index contributed by atoms with van der Waals surface area (Å²) in [5, 5.41) is 3.39. The summed E-state index contributed by atoms with van der Waals surface area (Å²) in [5.74, 6) is 1.14. The Balaban J connectivity index is 1.62. The predicted molar refractivity (Wildman–Crippen MR) is 87.9 cm³/mol. The van der Waals surface area contributed by atoms with Crippen molar-refractivity contribution in [3.05, 3.63) is 48.0 Å². The number of rotatable bonds is 8. The molecule has 21 heavy (non-hydrogen) atoms. The molecule has 2 rings (SSSR count). The lowest BCUT2D eigenvalue weighted by molar-refractivity contribution is 0.441. The topological polar surface area (TPSA) is 46.2 Å². The number of hydrogen-bond donors (Lipinski definition) is 1. The largest absolute Gasteiger partial charge is 0.316 e. The Kier molecular flexibility index (Phi) is 6.46. The van der Waals surface area contributed by atoms with Gasteiger partial charge in [-0.25, -0.2) is 8.42 Å². The van der Waals surface area contributed by atoms with Gasteiger partial charge in [-0.05, 0) is 50.3 Å². The number of benzene rings is 1. The van der Waals surface area contributed by atoms with E-state index in [2.05, 4.69) is 17.5 Å². The normalized spacial score (nSPS) is 18.8. The van der Waals surface area contributed by atoms with Gasteiger partial charge in [-0.2, -0.15) is 0 Å². The van der Waals surface area contributed by atoms with Crippen LogP contribution in [0.1, 0.15) is 31.2 Å². The van der Waals surface area contributed by atoms with Crippen molar-refractivity contribution in [1.29, 1.82) is 0 Å². The molecule has 0 saturated heterocycles. The Morgan fingerprint density at radius 3 is 2.67 bits per heavy atom. The first-order chi connectivity index (χ1) is 10.2. The van der Waals surface area contributed by atoms with Crippen molar-refractivity contribution in [3.8, 4) is 0 Å². The maximum absolute atomic E-state index is 12.0. The molecule has 0 amide bonds. The average molecular weight is 307 g/mol. The molecular weight excluding hydrogens is 282 g/mol. The lowest BCUT2D eigenvalue weighted by Gasteiger charge is -2.18. The van der Waals surface area contributed by atoms with Crippen molar-refractivity contribution < 1.29 is 8.42 Å². The molecule has 0 fully saturated rings. The second-order valence-corrected chi connectivity index (χ2v) is 7.97. The average Bonchev–Trinajstić information content (AvgIpc) is 2.48. The van der Waals surface area contributed by atoms with E-state index in [4.69, 9.17) is 0 Å². The fourth-order valence-electron chi connectivity index (χ4n) is 2.67. The Bertz CT molecular complexity index is 537. The fraction of sp³-hybridized carbons (Fsp3) is 0.529. The van der Waals surface area contributed by atoms with Crippen LogP contribution in [0.5, 0.6) is 0 Å². The maximum atomic E-state index is 12.0. The standard InChI is InChI=1S/C17H25NO2S/c19-21(20,15-17-10-5-2-6-11-17)13-7-12-18-14-16-8-3-1-4-9-16/h1-3,5-6,10-11,16,18H,4,7-9,12-15H2. The second-order valence-electron chi connectivity index (χ2n) is 5.79. The molecule has 0 bridgehead atoms. The highest BCUT2D eigenvalue weighted by Crippen LogP contribution is 2.16. The van der Waals surface area contributed by atoms with Gasteiger partial charge in [-0.3, -0.25) is 0 Å². The highest BCUT2D eigenvalue weighted by atomic mass is 32.2. The molecule has 1 atom stereocenters. The quantitative estimate of drug-likeness (QED) is 0.593. The van der Waals surface area contributed by atoms with Crippen LogP contribution in [0.15, 0.2) is 42.5 Å². The first-order valence-corrected chi connectivity index (χ1v) is 9.58. The second kappa shape index (κ2) is 8.35. The van der Waals surface area contributed by atoms with Gasteiger partial charge in [0, 0.05) is 0 Å². The number of nitrogens with one attached hydrogen (secondary N) is 1. The predicted octanol–water partition coefficient (Wildman–Crippen LogP) is 2.94. The van der Waals surface area contributed by atoms with Crippen molar-refractivity contribution in [2.24, 2.45) is 5.92 Å². The zero-order valence-corrected chi connectivity index (χ0v) is 13.3. The number of hydrogen-bond acceptors (Lipinski definition) is 3. The van der Waals surface area contributed by atoms with Crippen LogP contribution in [0.3, 0.4) is 0 Å². The first kappa shape index (κ1) is 16.2. The highest BCUT2D eigenvalue weighted by molar-refractivity contribution is 7.90. The maximum Gasteiger partial charge on any atom is 0.154 e. The van der Waals surface area contributed by atoms with Crippen LogP contribution in [0.25, 0.3) is 0 Å². The monoisotopic (exact) mass is 307 g/mol. The summed E-state index contributed by atoms with van der Waals surface area (Å²) in [6.45, 7) is 1.79. The van der Waals surface area contributed by atoms with Crippen molar-refractivity contribution in [1.82, 2.24) is 5.32 Å². The van der Waals surface area contributed by atoms with Crippen LogP contribution in [0.2, 0.25) is 0 Å². The van der Waals surface area contributed by atoms with Gasteiger partial charge in [-0.15, -0.1) is 0 Å². The zero-order chi connectivity index (χ0) is 15.0. The van der Waals surface area contributed by atoms with E-state index in [0.29, 0.717) is 6.42 Å². The first-order valence-electron chi connectivity index (χ1n) is 7.76. The minimum absolute atomic E-state index is 0.154. The van der Waals surface area contributed by atoms with Crippen LogP contribution in [0.4, 0.5) is 0 Å². The third-order valence-corrected chi connectivity index (χ3v) is 5.53. The van der Waals surface area contributed by atoms with Gasteiger partial charge in [0.1, 0.15) is 0 Å². The lowest BCUT2D eigenvalue weighted by Crippen LogP contribution is -2.26. The van der Waals surface area contributed by atoms with E-state index in [1.807, 2.05) is 30.3 Å². The van der Waals surface area contributed by atoms with E-state index in [1.54, 1.807) is 0 Å². The molecule has 4 heteroatoms. The van der Waals surface area contributed by atoms with E-state index in [0.717, 1.165) is 31.0 Å². The molecule has 0 aliphatic heterocycles. The number of allylic oxidation sites excluding steroid dienone is 2. The van der Waals surface area contributed by atoms with Crippen LogP contribution in [-0.2, 0) is 15.6 Å². The molecule has 0 radical (unpaired) electrons. The molecule has 1 unspecified atom stereocenters. The fourth-order valence-corrected chi connectivity index (χ4v) is 4.09. The van der Waals surface area contributed by atoms with Crippen molar-refractivity contribution in [2.75, 3.05) is 18.8 Å². The van der Waals surface area contributed by atoms with Gasteiger partial charge < -0.3 is 5.32 Å². The van der Waals surface area contributed by atoms with E-state index in [1.165, 1.54) is 12.8 Å². The lowest BCUT2D eigenvalue weighted by atomic mass is 9.94. The van der Waals surface area contributed by atoms with E-state index < -0.39 is 9.84 Å². The molecule has 1 aliphatic carbocycles. The molecule has 0 heterocycles. The Morgan fingerprint density at radius 2 is 1.95 bits per heavy atom. The van der Waals surface area contributed by atoms with Gasteiger partial charge >= 0.3 is 0 Å². The molecule has 116 valence electrons. The molecule has 0 spiro atoms. The zero-order valence-electron chi connectivity index (χ0n) is 12.5. The molecule has 1 aromatic rings. The van der Waals surface area contributed by atoms with Gasteiger partial charge in [0.2, 0.25) is 0 Å². The SMILES string of the molecule is O=S(=O)(CCCNCC1CC=CCC1)Cc1ccccc1. The molecule has 1 aromatic carbocycles. The van der Waals surface area contributed by atoms with Gasteiger partial charge in [0.05, 0.1) is 11.5 Å². The van der Waals surface area contributed by atoms with Gasteiger partial charge in [-0.1, -0.05) is 42.5 Å². The Hall–Kier alpha value is -1.13. The summed E-state index contributed by atoms with van der Waals surface area (Å²) in [4.78, 5) is 0. The van der Waals surface area contributed by atoms with Crippen LogP contribution >= 0.6 is 0 Å². The van der Waals surface area contributed by atoms with Crippen molar-refractivity contribution >= 4 is 9.84 Å². The summed E-state index contributed by atoms with van der Waals surface area (Å²) >= 11 is 0. The summed E-state index contributed by atoms with van der Waals surface area (Å²) < 4.78 is 24.1. The smallest absolute Gasteiger partial charge is 0.154 e. The minimum atomic E-state index is -2.99. The minimum Gasteiger partial charge on any atom is -0.316 e. The molecule has 0 saturated carbocycles. The Morgan fingerprint density at radius 1 is 1.14 bits per heavy atom. The van der Waals surface area contributed by atoms with E-state index in [-0.39, 0.29) is 11.5 Å². The van der Waals surface area contributed by atoms with Gasteiger partial charge in [0.25, 0.3) is 0 Å². The van der Waals surface area contributed by atoms with Crippen molar-refractivity contribution in [3.63, 3.8) is 0 Å². The summed E-state index contributed by atoms with van der Waals surface area (Å²) in [6.07, 6.45) is 8.76. The third-order valence-electron chi connectivity index (χ3n) is 3.85. The third kappa shape index (κ3) is 6.44. The van der Waals surface area contributed by atoms with Crippen LogP contribution in [0, 0.1) is 5.92 Å². The van der Waals surface area contributed by atoms with E-state index >= 15 is 0 Å². The van der Waals surface area contributed by atoms with Crippen molar-refractivity contribution in [2.45, 2.75) is 31.4 Å². The molecular formula is C17H25NO2S.